The standard InChI is InChI=1S/C12H16BrNOS/c1-9(2)6-7-12(15)14-16-11-5-3-4-10(13)8-11/h3-5,8-9H,6-7H2,1-2H3,(H,14,15). The molecule has 0 atom stereocenters. The molecule has 0 unspecified atom stereocenters. The highest BCUT2D eigenvalue weighted by atomic mass is 79.9. The van der Waals surface area contributed by atoms with E-state index in [9.17, 15) is 4.79 Å². The van der Waals surface area contributed by atoms with Crippen LogP contribution in [-0.2, 0) is 4.79 Å². The summed E-state index contributed by atoms with van der Waals surface area (Å²) in [6.45, 7) is 4.24. The summed E-state index contributed by atoms with van der Waals surface area (Å²) in [5, 5.41) is 0. The van der Waals surface area contributed by atoms with Gasteiger partial charge in [-0.25, -0.2) is 0 Å². The summed E-state index contributed by atoms with van der Waals surface area (Å²) < 4.78 is 3.86. The largest absolute Gasteiger partial charge is 0.296 e. The fourth-order valence-electron chi connectivity index (χ4n) is 1.12. The molecule has 0 aliphatic carbocycles. The number of halogens is 1. The van der Waals surface area contributed by atoms with E-state index in [0.29, 0.717) is 12.3 Å². The minimum absolute atomic E-state index is 0.0960. The molecule has 0 fully saturated rings. The van der Waals surface area contributed by atoms with Gasteiger partial charge in [0.2, 0.25) is 5.91 Å². The first-order valence-electron chi connectivity index (χ1n) is 5.29. The van der Waals surface area contributed by atoms with Gasteiger partial charge in [-0.15, -0.1) is 0 Å². The zero-order valence-corrected chi connectivity index (χ0v) is 11.9. The molecule has 4 heteroatoms. The number of hydrogen-bond acceptors (Lipinski definition) is 2. The van der Waals surface area contributed by atoms with Crippen LogP contribution in [0, 0.1) is 5.92 Å². The first-order chi connectivity index (χ1) is 7.58. The van der Waals surface area contributed by atoms with Gasteiger partial charge in [0.05, 0.1) is 0 Å². The van der Waals surface area contributed by atoms with Gasteiger partial charge in [-0.3, -0.25) is 9.52 Å². The van der Waals surface area contributed by atoms with Gasteiger partial charge in [-0.2, -0.15) is 0 Å². The third-order valence-corrected chi connectivity index (χ3v) is 3.34. The third-order valence-electron chi connectivity index (χ3n) is 2.03. The van der Waals surface area contributed by atoms with Gasteiger partial charge in [0.15, 0.2) is 0 Å². The molecular formula is C12H16BrNOS. The summed E-state index contributed by atoms with van der Waals surface area (Å²) in [5.74, 6) is 0.667. The van der Waals surface area contributed by atoms with E-state index in [1.807, 2.05) is 24.3 Å². The van der Waals surface area contributed by atoms with E-state index < -0.39 is 0 Å². The molecule has 0 aliphatic rings. The van der Waals surface area contributed by atoms with E-state index in [1.165, 1.54) is 11.9 Å². The lowest BCUT2D eigenvalue weighted by molar-refractivity contribution is -0.119. The quantitative estimate of drug-likeness (QED) is 0.833. The van der Waals surface area contributed by atoms with Crippen LogP contribution in [0.4, 0.5) is 0 Å². The Kier molecular flexibility index (Phi) is 5.91. The molecule has 1 aromatic carbocycles. The van der Waals surface area contributed by atoms with Crippen LogP contribution in [0.2, 0.25) is 0 Å². The Morgan fingerprint density at radius 1 is 1.50 bits per heavy atom. The number of rotatable bonds is 5. The first-order valence-corrected chi connectivity index (χ1v) is 6.90. The maximum Gasteiger partial charge on any atom is 0.230 e. The summed E-state index contributed by atoms with van der Waals surface area (Å²) in [5.41, 5.74) is 0. The Bertz CT molecular complexity index is 355. The predicted octanol–water partition coefficient (Wildman–Crippen LogP) is 4.01. The summed E-state index contributed by atoms with van der Waals surface area (Å²) in [7, 11) is 0. The van der Waals surface area contributed by atoms with Gasteiger partial charge < -0.3 is 0 Å². The zero-order chi connectivity index (χ0) is 12.0. The molecule has 1 amide bonds. The highest BCUT2D eigenvalue weighted by Gasteiger charge is 2.03. The number of carbonyl (C=O) groups is 1. The molecule has 16 heavy (non-hydrogen) atoms. The van der Waals surface area contributed by atoms with Crippen molar-refractivity contribution in [3.05, 3.63) is 28.7 Å². The lowest BCUT2D eigenvalue weighted by Crippen LogP contribution is -2.15. The Labute approximate surface area is 109 Å². The van der Waals surface area contributed by atoms with Crippen molar-refractivity contribution in [2.24, 2.45) is 5.92 Å². The molecule has 2 nitrogen and oxygen atoms in total. The molecular weight excluding hydrogens is 286 g/mol. The van der Waals surface area contributed by atoms with Gasteiger partial charge in [-0.1, -0.05) is 35.8 Å². The van der Waals surface area contributed by atoms with Crippen molar-refractivity contribution in [2.75, 3.05) is 0 Å². The van der Waals surface area contributed by atoms with Crippen molar-refractivity contribution >= 4 is 33.8 Å². The van der Waals surface area contributed by atoms with Crippen LogP contribution in [-0.4, -0.2) is 5.91 Å². The summed E-state index contributed by atoms with van der Waals surface area (Å²) in [6, 6.07) is 7.86. The van der Waals surface area contributed by atoms with Gasteiger partial charge in [0.1, 0.15) is 0 Å². The zero-order valence-electron chi connectivity index (χ0n) is 9.50. The van der Waals surface area contributed by atoms with Gasteiger partial charge >= 0.3 is 0 Å². The monoisotopic (exact) mass is 301 g/mol. The third kappa shape index (κ3) is 5.56. The van der Waals surface area contributed by atoms with Gasteiger partial charge in [0, 0.05) is 15.8 Å². The normalized spacial score (nSPS) is 10.5. The lowest BCUT2D eigenvalue weighted by Gasteiger charge is -2.06. The highest BCUT2D eigenvalue weighted by molar-refractivity contribution is 9.10. The van der Waals surface area contributed by atoms with Crippen LogP contribution in [0.25, 0.3) is 0 Å². The average molecular weight is 302 g/mol. The number of carbonyl (C=O) groups excluding carboxylic acids is 1. The fraction of sp³-hybridized carbons (Fsp3) is 0.417. The van der Waals surface area contributed by atoms with Crippen LogP contribution < -0.4 is 4.72 Å². The van der Waals surface area contributed by atoms with Gasteiger partial charge in [0.25, 0.3) is 0 Å². The van der Waals surface area contributed by atoms with Crippen LogP contribution in [0.1, 0.15) is 26.7 Å². The molecule has 0 heterocycles. The molecule has 1 aromatic rings. The maximum atomic E-state index is 11.5. The van der Waals surface area contributed by atoms with Crippen LogP contribution in [0.3, 0.4) is 0 Å². The number of amides is 1. The van der Waals surface area contributed by atoms with Crippen molar-refractivity contribution in [3.63, 3.8) is 0 Å². The van der Waals surface area contributed by atoms with Crippen LogP contribution >= 0.6 is 27.9 Å². The van der Waals surface area contributed by atoms with E-state index in [1.54, 1.807) is 0 Å². The second-order valence-corrected chi connectivity index (χ2v) is 5.81. The smallest absolute Gasteiger partial charge is 0.230 e. The van der Waals surface area contributed by atoms with Crippen LogP contribution in [0.5, 0.6) is 0 Å². The Morgan fingerprint density at radius 3 is 2.88 bits per heavy atom. The van der Waals surface area contributed by atoms with Crippen molar-refractivity contribution in [1.82, 2.24) is 4.72 Å². The van der Waals surface area contributed by atoms with Gasteiger partial charge in [-0.05, 0) is 42.5 Å². The molecule has 1 N–H and O–H groups in total. The molecule has 0 radical (unpaired) electrons. The number of hydrogen-bond donors (Lipinski definition) is 1. The molecule has 0 spiro atoms. The maximum absolute atomic E-state index is 11.5. The number of benzene rings is 1. The van der Waals surface area contributed by atoms with E-state index >= 15 is 0 Å². The first kappa shape index (κ1) is 13.6. The molecule has 88 valence electrons. The van der Waals surface area contributed by atoms with E-state index in [0.717, 1.165) is 15.8 Å². The topological polar surface area (TPSA) is 29.1 Å². The Balaban J connectivity index is 2.31. The van der Waals surface area contributed by atoms with Crippen molar-refractivity contribution in [3.8, 4) is 0 Å². The Hall–Kier alpha value is -0.480. The van der Waals surface area contributed by atoms with Crippen LogP contribution in [0.15, 0.2) is 33.6 Å². The highest BCUT2D eigenvalue weighted by Crippen LogP contribution is 2.19. The molecule has 0 aliphatic heterocycles. The second-order valence-electron chi connectivity index (χ2n) is 4.02. The number of nitrogens with one attached hydrogen (secondary N) is 1. The van der Waals surface area contributed by atoms with Crippen molar-refractivity contribution < 1.29 is 4.79 Å². The molecule has 0 saturated carbocycles. The SMILES string of the molecule is CC(C)CCC(=O)NSc1cccc(Br)c1. The average Bonchev–Trinajstić information content (AvgIpc) is 2.23. The molecule has 0 aromatic heterocycles. The second kappa shape index (κ2) is 6.97. The van der Waals surface area contributed by atoms with Crippen molar-refractivity contribution in [2.45, 2.75) is 31.6 Å². The molecule has 1 rings (SSSR count). The molecule has 0 saturated heterocycles. The lowest BCUT2D eigenvalue weighted by atomic mass is 10.1. The minimum atomic E-state index is 0.0960. The predicted molar refractivity (Wildman–Crippen MR) is 72.2 cm³/mol. The van der Waals surface area contributed by atoms with E-state index in [4.69, 9.17) is 0 Å². The minimum Gasteiger partial charge on any atom is -0.296 e. The van der Waals surface area contributed by atoms with Crippen molar-refractivity contribution in [1.29, 1.82) is 0 Å². The fourth-order valence-corrected chi connectivity index (χ4v) is 2.33. The summed E-state index contributed by atoms with van der Waals surface area (Å²) >= 11 is 4.76. The summed E-state index contributed by atoms with van der Waals surface area (Å²) in [6.07, 6.45) is 1.53. The summed E-state index contributed by atoms with van der Waals surface area (Å²) in [4.78, 5) is 12.5. The molecule has 0 bridgehead atoms. The van der Waals surface area contributed by atoms with E-state index in [-0.39, 0.29) is 5.91 Å². The van der Waals surface area contributed by atoms with E-state index in [2.05, 4.69) is 34.5 Å². The Morgan fingerprint density at radius 2 is 2.25 bits per heavy atom.